The molecule has 0 aliphatic carbocycles. The Hall–Kier alpha value is -1.86. The van der Waals surface area contributed by atoms with E-state index in [0.717, 1.165) is 11.1 Å². The molecule has 0 bridgehead atoms. The topological polar surface area (TPSA) is 101 Å². The molecular formula is C12H16N4O2S. The van der Waals surface area contributed by atoms with Gasteiger partial charge in [-0.2, -0.15) is 5.10 Å². The molecule has 0 amide bonds. The smallest absolute Gasteiger partial charge is 0.265 e. The van der Waals surface area contributed by atoms with Crippen molar-refractivity contribution in [2.45, 2.75) is 25.3 Å². The maximum atomic E-state index is 12.2. The fourth-order valence-electron chi connectivity index (χ4n) is 1.72. The Balaban J connectivity index is 2.38. The van der Waals surface area contributed by atoms with Gasteiger partial charge in [0.15, 0.2) is 0 Å². The number of sulfonamides is 1. The van der Waals surface area contributed by atoms with Crippen molar-refractivity contribution in [2.75, 3.05) is 4.72 Å². The van der Waals surface area contributed by atoms with Gasteiger partial charge in [0.25, 0.3) is 10.0 Å². The minimum Gasteiger partial charge on any atom is -0.326 e. The van der Waals surface area contributed by atoms with Crippen LogP contribution in [0.4, 0.5) is 5.69 Å². The molecule has 0 aliphatic heterocycles. The molecule has 4 N–H and O–H groups in total. The lowest BCUT2D eigenvalue weighted by Crippen LogP contribution is -2.14. The number of aryl methyl sites for hydroxylation is 2. The number of hydrogen-bond donors (Lipinski definition) is 3. The highest BCUT2D eigenvalue weighted by atomic mass is 32.2. The van der Waals surface area contributed by atoms with Crippen LogP contribution in [0.15, 0.2) is 29.3 Å². The Labute approximate surface area is 112 Å². The summed E-state index contributed by atoms with van der Waals surface area (Å²) >= 11 is 0. The molecule has 0 spiro atoms. The van der Waals surface area contributed by atoms with E-state index in [1.165, 1.54) is 6.20 Å². The molecule has 0 saturated carbocycles. The number of anilines is 1. The highest BCUT2D eigenvalue weighted by molar-refractivity contribution is 7.92. The highest BCUT2D eigenvalue weighted by Crippen LogP contribution is 2.21. The first kappa shape index (κ1) is 13.6. The first-order valence-corrected chi connectivity index (χ1v) is 7.25. The van der Waals surface area contributed by atoms with Crippen molar-refractivity contribution in [2.24, 2.45) is 5.73 Å². The molecule has 1 aromatic heterocycles. The SMILES string of the molecule is Cc1ccc(CN)cc1NS(=O)(=O)c1cn[nH]c1C. The first-order valence-electron chi connectivity index (χ1n) is 5.76. The van der Waals surface area contributed by atoms with Crippen molar-refractivity contribution < 1.29 is 8.42 Å². The largest absolute Gasteiger partial charge is 0.326 e. The van der Waals surface area contributed by atoms with E-state index in [4.69, 9.17) is 5.73 Å². The fraction of sp³-hybridized carbons (Fsp3) is 0.250. The van der Waals surface area contributed by atoms with Gasteiger partial charge in [0.2, 0.25) is 0 Å². The maximum absolute atomic E-state index is 12.2. The van der Waals surface area contributed by atoms with Gasteiger partial charge >= 0.3 is 0 Å². The van der Waals surface area contributed by atoms with Gasteiger partial charge in [-0.25, -0.2) is 8.42 Å². The van der Waals surface area contributed by atoms with Crippen LogP contribution in [0.5, 0.6) is 0 Å². The number of nitrogens with zero attached hydrogens (tertiary/aromatic N) is 1. The number of nitrogens with two attached hydrogens (primary N) is 1. The number of aromatic amines is 1. The third kappa shape index (κ3) is 2.77. The van der Waals surface area contributed by atoms with Crippen molar-refractivity contribution in [3.63, 3.8) is 0 Å². The molecule has 0 saturated heterocycles. The monoisotopic (exact) mass is 280 g/mol. The van der Waals surface area contributed by atoms with Crippen LogP contribution < -0.4 is 10.5 Å². The zero-order valence-electron chi connectivity index (χ0n) is 10.8. The molecule has 7 heteroatoms. The van der Waals surface area contributed by atoms with Crippen molar-refractivity contribution >= 4 is 15.7 Å². The summed E-state index contributed by atoms with van der Waals surface area (Å²) in [5.41, 5.74) is 8.29. The lowest BCUT2D eigenvalue weighted by molar-refractivity contribution is 0.600. The van der Waals surface area contributed by atoms with Crippen molar-refractivity contribution in [1.29, 1.82) is 0 Å². The predicted octanol–water partition coefficient (Wildman–Crippen LogP) is 1.29. The van der Waals surface area contributed by atoms with Gasteiger partial charge in [-0.1, -0.05) is 12.1 Å². The van der Waals surface area contributed by atoms with E-state index < -0.39 is 10.0 Å². The molecular weight excluding hydrogens is 264 g/mol. The van der Waals surface area contributed by atoms with Crippen LogP contribution in [0.1, 0.15) is 16.8 Å². The summed E-state index contributed by atoms with van der Waals surface area (Å²) in [5, 5.41) is 6.33. The van der Waals surface area contributed by atoms with Gasteiger partial charge in [0.05, 0.1) is 17.6 Å². The molecule has 6 nitrogen and oxygen atoms in total. The molecule has 19 heavy (non-hydrogen) atoms. The fourth-order valence-corrected chi connectivity index (χ4v) is 2.98. The number of nitrogens with one attached hydrogen (secondary N) is 2. The van der Waals surface area contributed by atoms with Gasteiger partial charge in [0.1, 0.15) is 4.90 Å². The molecule has 1 heterocycles. The zero-order valence-corrected chi connectivity index (χ0v) is 11.6. The predicted molar refractivity (Wildman–Crippen MR) is 73.2 cm³/mol. The van der Waals surface area contributed by atoms with Gasteiger partial charge in [-0.15, -0.1) is 0 Å². The third-order valence-electron chi connectivity index (χ3n) is 2.86. The number of aromatic nitrogens is 2. The van der Waals surface area contributed by atoms with Crippen molar-refractivity contribution in [3.8, 4) is 0 Å². The summed E-state index contributed by atoms with van der Waals surface area (Å²) in [7, 11) is -3.63. The van der Waals surface area contributed by atoms with E-state index in [2.05, 4.69) is 14.9 Å². The van der Waals surface area contributed by atoms with Crippen molar-refractivity contribution in [1.82, 2.24) is 10.2 Å². The Morgan fingerprint density at radius 1 is 1.37 bits per heavy atom. The number of benzene rings is 1. The third-order valence-corrected chi connectivity index (χ3v) is 4.33. The quantitative estimate of drug-likeness (QED) is 0.785. The van der Waals surface area contributed by atoms with E-state index in [0.29, 0.717) is 17.9 Å². The molecule has 2 aromatic rings. The highest BCUT2D eigenvalue weighted by Gasteiger charge is 2.19. The lowest BCUT2D eigenvalue weighted by Gasteiger charge is -2.11. The molecule has 0 aliphatic rings. The minimum atomic E-state index is -3.63. The van der Waals surface area contributed by atoms with Crippen LogP contribution >= 0.6 is 0 Å². The summed E-state index contributed by atoms with van der Waals surface area (Å²) in [4.78, 5) is 0.144. The second kappa shape index (κ2) is 5.02. The van der Waals surface area contributed by atoms with Crippen LogP contribution in [0.2, 0.25) is 0 Å². The van der Waals surface area contributed by atoms with Gasteiger partial charge in [0, 0.05) is 6.54 Å². The maximum Gasteiger partial charge on any atom is 0.265 e. The Morgan fingerprint density at radius 2 is 2.11 bits per heavy atom. The molecule has 1 aromatic carbocycles. The van der Waals surface area contributed by atoms with Crippen LogP contribution in [0.3, 0.4) is 0 Å². The van der Waals surface area contributed by atoms with E-state index in [1.807, 2.05) is 19.1 Å². The van der Waals surface area contributed by atoms with Gasteiger partial charge in [-0.05, 0) is 31.0 Å². The summed E-state index contributed by atoms with van der Waals surface area (Å²) in [6.45, 7) is 3.85. The second-order valence-electron chi connectivity index (χ2n) is 4.32. The van der Waals surface area contributed by atoms with Gasteiger partial charge < -0.3 is 5.73 Å². The lowest BCUT2D eigenvalue weighted by atomic mass is 10.1. The molecule has 2 rings (SSSR count). The molecule has 0 atom stereocenters. The van der Waals surface area contributed by atoms with E-state index in [9.17, 15) is 8.42 Å². The van der Waals surface area contributed by atoms with E-state index in [-0.39, 0.29) is 4.90 Å². The summed E-state index contributed by atoms with van der Waals surface area (Å²) in [6, 6.07) is 5.45. The zero-order chi connectivity index (χ0) is 14.0. The van der Waals surface area contributed by atoms with Crippen LogP contribution in [0.25, 0.3) is 0 Å². The van der Waals surface area contributed by atoms with E-state index >= 15 is 0 Å². The molecule has 0 fully saturated rings. The normalized spacial score (nSPS) is 11.5. The standard InChI is InChI=1S/C12H16N4O2S/c1-8-3-4-10(6-13)5-11(8)16-19(17,18)12-7-14-15-9(12)2/h3-5,7,16H,6,13H2,1-2H3,(H,14,15). The average Bonchev–Trinajstić information content (AvgIpc) is 2.79. The average molecular weight is 280 g/mol. The van der Waals surface area contributed by atoms with Crippen LogP contribution in [-0.2, 0) is 16.6 Å². The van der Waals surface area contributed by atoms with Gasteiger partial charge in [-0.3, -0.25) is 9.82 Å². The number of H-pyrrole nitrogens is 1. The van der Waals surface area contributed by atoms with Crippen LogP contribution in [-0.4, -0.2) is 18.6 Å². The first-order chi connectivity index (χ1) is 8.94. The van der Waals surface area contributed by atoms with E-state index in [1.54, 1.807) is 13.0 Å². The second-order valence-corrected chi connectivity index (χ2v) is 5.97. The summed E-state index contributed by atoms with van der Waals surface area (Å²) in [6.07, 6.45) is 1.29. The number of hydrogen-bond acceptors (Lipinski definition) is 4. The molecule has 102 valence electrons. The van der Waals surface area contributed by atoms with Crippen LogP contribution in [0, 0.1) is 13.8 Å². The number of rotatable bonds is 4. The van der Waals surface area contributed by atoms with Crippen molar-refractivity contribution in [3.05, 3.63) is 41.2 Å². The summed E-state index contributed by atoms with van der Waals surface area (Å²) in [5.74, 6) is 0. The summed E-state index contributed by atoms with van der Waals surface area (Å²) < 4.78 is 27.0. The molecule has 0 unspecified atom stereocenters. The minimum absolute atomic E-state index is 0.144. The molecule has 0 radical (unpaired) electrons. The Morgan fingerprint density at radius 3 is 2.68 bits per heavy atom. The Kier molecular flexibility index (Phi) is 3.59. The Bertz CT molecular complexity index is 692.